The summed E-state index contributed by atoms with van der Waals surface area (Å²) in [5.74, 6) is 0.322. The second kappa shape index (κ2) is 6.43. The Morgan fingerprint density at radius 3 is 2.39 bits per heavy atom. The van der Waals surface area contributed by atoms with Gasteiger partial charge in [-0.2, -0.15) is 0 Å². The van der Waals surface area contributed by atoms with Crippen molar-refractivity contribution in [3.63, 3.8) is 0 Å². The number of likely N-dealkylation sites (N-methyl/N-ethyl adjacent to an activating group) is 1. The van der Waals surface area contributed by atoms with Crippen molar-refractivity contribution in [1.82, 2.24) is 4.90 Å². The summed E-state index contributed by atoms with van der Waals surface area (Å²) in [4.78, 5) is 28.9. The summed E-state index contributed by atoms with van der Waals surface area (Å²) in [6, 6.07) is 12.9. The van der Waals surface area contributed by atoms with E-state index in [1.165, 1.54) is 17.7 Å². The van der Waals surface area contributed by atoms with Crippen LogP contribution in [0.25, 0.3) is 0 Å². The van der Waals surface area contributed by atoms with Gasteiger partial charge in [0, 0.05) is 30.4 Å². The number of rotatable bonds is 2. The van der Waals surface area contributed by atoms with Gasteiger partial charge in [0.2, 0.25) is 5.91 Å². The number of benzene rings is 2. The number of anilines is 1. The zero-order valence-electron chi connectivity index (χ0n) is 15.9. The molecule has 0 spiro atoms. The molecule has 4 nitrogen and oxygen atoms in total. The van der Waals surface area contributed by atoms with Crippen LogP contribution in [0.3, 0.4) is 0 Å². The third-order valence-corrected chi connectivity index (χ3v) is 6.71. The molecule has 0 saturated carbocycles. The molecule has 144 valence electrons. The number of carbonyl (C=O) groups is 2. The lowest BCUT2D eigenvalue weighted by Crippen LogP contribution is -2.46. The molecular formula is C23H23FN2O2. The first-order valence-electron chi connectivity index (χ1n) is 9.99. The number of fused-ring (bicyclic) bond motifs is 3. The van der Waals surface area contributed by atoms with Crippen molar-refractivity contribution in [1.29, 1.82) is 0 Å². The SMILES string of the molecule is CN1C(=O)Cc2cc(C(=O)N3[C@@H]4CC[C@H]3C[C@@H](c3ccc(F)cc3)C4)ccc21. The first kappa shape index (κ1) is 17.4. The minimum Gasteiger partial charge on any atom is -0.333 e. The minimum absolute atomic E-state index is 0.0692. The van der Waals surface area contributed by atoms with Crippen LogP contribution in [0.5, 0.6) is 0 Å². The molecule has 3 aliphatic heterocycles. The Bertz CT molecular complexity index is 942. The number of carbonyl (C=O) groups excluding carboxylic acids is 2. The van der Waals surface area contributed by atoms with E-state index in [2.05, 4.69) is 4.90 Å². The maximum absolute atomic E-state index is 13.3. The molecule has 3 heterocycles. The molecule has 2 aromatic rings. The lowest BCUT2D eigenvalue weighted by atomic mass is 9.84. The average molecular weight is 378 g/mol. The molecule has 3 atom stereocenters. The molecule has 3 aliphatic rings. The zero-order chi connectivity index (χ0) is 19.4. The van der Waals surface area contributed by atoms with Crippen LogP contribution >= 0.6 is 0 Å². The molecule has 2 amide bonds. The first-order chi connectivity index (χ1) is 13.5. The van der Waals surface area contributed by atoms with Gasteiger partial charge in [0.05, 0.1) is 6.42 Å². The Labute approximate surface area is 163 Å². The van der Waals surface area contributed by atoms with Gasteiger partial charge in [-0.05, 0) is 73.1 Å². The molecule has 0 radical (unpaired) electrons. The van der Waals surface area contributed by atoms with Crippen molar-refractivity contribution < 1.29 is 14.0 Å². The van der Waals surface area contributed by atoms with Gasteiger partial charge in [-0.15, -0.1) is 0 Å². The third-order valence-electron chi connectivity index (χ3n) is 6.71. The fourth-order valence-electron chi connectivity index (χ4n) is 5.27. The monoisotopic (exact) mass is 378 g/mol. The number of hydrogen-bond acceptors (Lipinski definition) is 2. The van der Waals surface area contributed by atoms with Gasteiger partial charge in [-0.25, -0.2) is 4.39 Å². The van der Waals surface area contributed by atoms with Crippen molar-refractivity contribution in [3.05, 3.63) is 65.0 Å². The fourth-order valence-corrected chi connectivity index (χ4v) is 5.27. The minimum atomic E-state index is -0.208. The van der Waals surface area contributed by atoms with Gasteiger partial charge < -0.3 is 9.80 Å². The Morgan fingerprint density at radius 1 is 1.04 bits per heavy atom. The van der Waals surface area contributed by atoms with Crippen molar-refractivity contribution in [3.8, 4) is 0 Å². The molecule has 0 unspecified atom stereocenters. The molecule has 2 aromatic carbocycles. The van der Waals surface area contributed by atoms with E-state index in [9.17, 15) is 14.0 Å². The smallest absolute Gasteiger partial charge is 0.254 e. The van der Waals surface area contributed by atoms with E-state index in [1.54, 1.807) is 11.9 Å². The lowest BCUT2D eigenvalue weighted by Gasteiger charge is -2.39. The maximum atomic E-state index is 13.3. The predicted molar refractivity (Wildman–Crippen MR) is 105 cm³/mol. The van der Waals surface area contributed by atoms with E-state index in [1.807, 2.05) is 30.3 Å². The van der Waals surface area contributed by atoms with E-state index in [-0.39, 0.29) is 29.7 Å². The van der Waals surface area contributed by atoms with Crippen LogP contribution in [-0.2, 0) is 11.2 Å². The first-order valence-corrected chi connectivity index (χ1v) is 9.99. The maximum Gasteiger partial charge on any atom is 0.254 e. The Kier molecular flexibility index (Phi) is 4.00. The summed E-state index contributed by atoms with van der Waals surface area (Å²) in [5.41, 5.74) is 3.69. The third kappa shape index (κ3) is 2.72. The Balaban J connectivity index is 1.37. The predicted octanol–water partition coefficient (Wildman–Crippen LogP) is 3.90. The highest BCUT2D eigenvalue weighted by molar-refractivity contribution is 6.03. The van der Waals surface area contributed by atoms with Gasteiger partial charge >= 0.3 is 0 Å². The van der Waals surface area contributed by atoms with Gasteiger partial charge in [0.25, 0.3) is 5.91 Å². The Hall–Kier alpha value is -2.69. The van der Waals surface area contributed by atoms with Gasteiger partial charge in [-0.3, -0.25) is 9.59 Å². The molecule has 28 heavy (non-hydrogen) atoms. The second-order valence-corrected chi connectivity index (χ2v) is 8.29. The van der Waals surface area contributed by atoms with Crippen LogP contribution in [0.1, 0.15) is 53.1 Å². The van der Waals surface area contributed by atoms with E-state index >= 15 is 0 Å². The van der Waals surface area contributed by atoms with E-state index in [0.29, 0.717) is 17.9 Å². The molecule has 2 saturated heterocycles. The van der Waals surface area contributed by atoms with Gasteiger partial charge in [0.15, 0.2) is 0 Å². The lowest BCUT2D eigenvalue weighted by molar-refractivity contribution is -0.117. The summed E-state index contributed by atoms with van der Waals surface area (Å²) in [6.07, 6.45) is 4.28. The van der Waals surface area contributed by atoms with Crippen molar-refractivity contribution in [2.75, 3.05) is 11.9 Å². The summed E-state index contributed by atoms with van der Waals surface area (Å²) >= 11 is 0. The van der Waals surface area contributed by atoms with Gasteiger partial charge in [0.1, 0.15) is 5.82 Å². The highest BCUT2D eigenvalue weighted by Gasteiger charge is 2.43. The van der Waals surface area contributed by atoms with Gasteiger partial charge in [-0.1, -0.05) is 12.1 Å². The van der Waals surface area contributed by atoms with Crippen LogP contribution in [-0.4, -0.2) is 35.8 Å². The number of halogens is 1. The zero-order valence-corrected chi connectivity index (χ0v) is 15.9. The van der Waals surface area contributed by atoms with Crippen molar-refractivity contribution in [2.24, 2.45) is 0 Å². The molecule has 2 fully saturated rings. The number of nitrogens with zero attached hydrogens (tertiary/aromatic N) is 2. The van der Waals surface area contributed by atoms with E-state index in [4.69, 9.17) is 0 Å². The molecule has 0 aliphatic carbocycles. The van der Waals surface area contributed by atoms with Crippen molar-refractivity contribution in [2.45, 2.75) is 50.1 Å². The van der Waals surface area contributed by atoms with E-state index in [0.717, 1.165) is 36.9 Å². The number of amides is 2. The van der Waals surface area contributed by atoms with Crippen LogP contribution in [0, 0.1) is 5.82 Å². The van der Waals surface area contributed by atoms with Crippen molar-refractivity contribution >= 4 is 17.5 Å². The molecule has 2 bridgehead atoms. The topological polar surface area (TPSA) is 40.6 Å². The molecular weight excluding hydrogens is 355 g/mol. The quantitative estimate of drug-likeness (QED) is 0.795. The Morgan fingerprint density at radius 2 is 1.71 bits per heavy atom. The van der Waals surface area contributed by atoms with Crippen LogP contribution in [0.2, 0.25) is 0 Å². The van der Waals surface area contributed by atoms with Crippen LogP contribution in [0.4, 0.5) is 10.1 Å². The highest BCUT2D eigenvalue weighted by atomic mass is 19.1. The largest absolute Gasteiger partial charge is 0.333 e. The summed E-state index contributed by atoms with van der Waals surface area (Å²) in [5, 5.41) is 0. The van der Waals surface area contributed by atoms with Crippen LogP contribution < -0.4 is 4.90 Å². The number of hydrogen-bond donors (Lipinski definition) is 0. The summed E-state index contributed by atoms with van der Waals surface area (Å²) < 4.78 is 13.2. The summed E-state index contributed by atoms with van der Waals surface area (Å²) in [6.45, 7) is 0. The average Bonchev–Trinajstić information content (AvgIpc) is 3.13. The molecule has 0 N–H and O–H groups in total. The molecule has 5 rings (SSSR count). The number of piperidine rings is 1. The standard InChI is InChI=1S/C23H23FN2O2/c1-25-21-9-4-15(10-17(21)13-22(25)27)23(28)26-19-7-8-20(26)12-16(11-19)14-2-5-18(24)6-3-14/h2-6,9-10,16,19-20H,7-8,11-13H2,1H3/t16-,19+,20-. The second-order valence-electron chi connectivity index (χ2n) is 8.29. The fraction of sp³-hybridized carbons (Fsp3) is 0.391. The normalized spacial score (nSPS) is 25.9. The highest BCUT2D eigenvalue weighted by Crippen LogP contribution is 2.44. The summed E-state index contributed by atoms with van der Waals surface area (Å²) in [7, 11) is 1.77. The van der Waals surface area contributed by atoms with E-state index < -0.39 is 0 Å². The molecule has 5 heteroatoms. The van der Waals surface area contributed by atoms with Crippen LogP contribution in [0.15, 0.2) is 42.5 Å². The molecule has 0 aromatic heterocycles.